The van der Waals surface area contributed by atoms with Crippen LogP contribution < -0.4 is 5.73 Å². The first-order chi connectivity index (χ1) is 29.1. The minimum atomic E-state index is -4.76. The molecule has 0 heterocycles. The van der Waals surface area contributed by atoms with Gasteiger partial charge >= 0.3 is 25.7 Å². The zero-order chi connectivity index (χ0) is 44.2. The van der Waals surface area contributed by atoms with Crippen LogP contribution in [0.3, 0.4) is 0 Å². The van der Waals surface area contributed by atoms with E-state index in [9.17, 15) is 23.8 Å². The van der Waals surface area contributed by atoms with Gasteiger partial charge in [-0.15, -0.1) is 0 Å². The molecule has 12 heteroatoms. The van der Waals surface area contributed by atoms with Crippen LogP contribution >= 0.6 is 7.82 Å². The number of hydrogen-bond acceptors (Lipinski definition) is 9. The van der Waals surface area contributed by atoms with Crippen molar-refractivity contribution in [3.05, 3.63) is 122 Å². The van der Waals surface area contributed by atoms with Gasteiger partial charge in [-0.25, -0.2) is 4.57 Å². The molecule has 0 rings (SSSR count). The number of carbonyl (C=O) groups is 3. The van der Waals surface area contributed by atoms with E-state index in [1.165, 1.54) is 19.3 Å². The number of allylic oxidation sites excluding steroid dienone is 20. The van der Waals surface area contributed by atoms with E-state index in [-0.39, 0.29) is 12.8 Å². The molecule has 60 heavy (non-hydrogen) atoms. The highest BCUT2D eigenvalue weighted by Gasteiger charge is 2.28. The third-order valence-electron chi connectivity index (χ3n) is 8.21. The van der Waals surface area contributed by atoms with Crippen LogP contribution in [0.4, 0.5) is 0 Å². The van der Waals surface area contributed by atoms with Crippen LogP contribution in [-0.4, -0.2) is 59.9 Å². The molecule has 0 aromatic heterocycles. The van der Waals surface area contributed by atoms with Gasteiger partial charge in [0.05, 0.1) is 13.2 Å². The SMILES string of the molecule is CCC=CCC=CCC=CCC=CCC=CCC=CCCC(=O)OC(COC(=O)CCCC=CCC=CCC=CCC=CCCCCC)COP(=O)(O)OCC(N)C(=O)O. The maximum absolute atomic E-state index is 12.6. The van der Waals surface area contributed by atoms with E-state index < -0.39 is 57.7 Å². The first-order valence-electron chi connectivity index (χ1n) is 21.6. The minimum absolute atomic E-state index is 0.0163. The molecule has 0 radical (unpaired) electrons. The Labute approximate surface area is 360 Å². The van der Waals surface area contributed by atoms with Gasteiger partial charge in [0.2, 0.25) is 0 Å². The zero-order valence-electron chi connectivity index (χ0n) is 36.2. The van der Waals surface area contributed by atoms with E-state index >= 15 is 0 Å². The summed E-state index contributed by atoms with van der Waals surface area (Å²) >= 11 is 0. The van der Waals surface area contributed by atoms with Crippen LogP contribution in [0.15, 0.2) is 122 Å². The summed E-state index contributed by atoms with van der Waals surface area (Å²) < 4.78 is 32.5. The number of carboxylic acids is 1. The van der Waals surface area contributed by atoms with Crippen molar-refractivity contribution in [3.8, 4) is 0 Å². The molecule has 0 saturated carbocycles. The molecule has 0 aliphatic rings. The van der Waals surface area contributed by atoms with Crippen molar-refractivity contribution in [2.75, 3.05) is 19.8 Å². The molecule has 0 aliphatic heterocycles. The van der Waals surface area contributed by atoms with Crippen LogP contribution in [0.1, 0.15) is 129 Å². The molecule has 11 nitrogen and oxygen atoms in total. The summed E-state index contributed by atoms with van der Waals surface area (Å²) in [4.78, 5) is 45.9. The van der Waals surface area contributed by atoms with Crippen LogP contribution in [0, 0.1) is 0 Å². The standard InChI is InChI=1S/C48H74NO10P/c1-3-5-7-9-11-13-15-17-19-21-22-24-26-28-30-32-34-36-38-40-47(51)59-44(42-57-60(54,55)58-43-45(49)48(52)53)41-56-46(50)39-37-35-33-31-29-27-25-23-20-18-16-14-12-10-8-6-4-2/h5,7,11-14,17-20,22,24-25,27-28,30-31,33-34,36,44-45H,3-4,6,8-10,15-16,21,23,26,29,32,35,37-43,49H2,1-2H3,(H,52,53)(H,54,55). The van der Waals surface area contributed by atoms with Gasteiger partial charge in [0.25, 0.3) is 0 Å². The Morgan fingerprint density at radius 1 is 0.533 bits per heavy atom. The van der Waals surface area contributed by atoms with Crippen molar-refractivity contribution >= 4 is 25.7 Å². The number of carboxylic acid groups (broad SMARTS) is 1. The van der Waals surface area contributed by atoms with E-state index in [2.05, 4.69) is 110 Å². The average Bonchev–Trinajstić information content (AvgIpc) is 3.22. The Morgan fingerprint density at radius 3 is 1.40 bits per heavy atom. The molecule has 4 N–H and O–H groups in total. The Kier molecular flexibility index (Phi) is 38.8. The highest BCUT2D eigenvalue weighted by molar-refractivity contribution is 7.47. The second-order valence-electron chi connectivity index (χ2n) is 13.7. The second kappa shape index (κ2) is 41.6. The fourth-order valence-corrected chi connectivity index (χ4v) is 5.62. The normalized spacial score (nSPS) is 14.9. The summed E-state index contributed by atoms with van der Waals surface area (Å²) in [5.74, 6) is -2.58. The van der Waals surface area contributed by atoms with Crippen molar-refractivity contribution < 1.29 is 47.5 Å². The first kappa shape index (κ1) is 55.9. The number of rotatable bonds is 38. The number of phosphoric acid groups is 1. The van der Waals surface area contributed by atoms with Crippen LogP contribution in [0.2, 0.25) is 0 Å². The summed E-state index contributed by atoms with van der Waals surface area (Å²) in [6.07, 6.45) is 55.7. The lowest BCUT2D eigenvalue weighted by molar-refractivity contribution is -0.161. The summed E-state index contributed by atoms with van der Waals surface area (Å²) in [6, 6.07) is -1.55. The van der Waals surface area contributed by atoms with Gasteiger partial charge < -0.3 is 25.2 Å². The van der Waals surface area contributed by atoms with Gasteiger partial charge in [0.1, 0.15) is 12.6 Å². The van der Waals surface area contributed by atoms with Gasteiger partial charge in [-0.1, -0.05) is 148 Å². The third-order valence-corrected chi connectivity index (χ3v) is 9.16. The smallest absolute Gasteiger partial charge is 0.472 e. The molecule has 0 aliphatic carbocycles. The van der Waals surface area contributed by atoms with E-state index in [1.54, 1.807) is 0 Å². The number of aliphatic carboxylic acids is 1. The highest BCUT2D eigenvalue weighted by Crippen LogP contribution is 2.43. The van der Waals surface area contributed by atoms with Crippen molar-refractivity contribution in [2.24, 2.45) is 5.73 Å². The monoisotopic (exact) mass is 856 g/mol. The van der Waals surface area contributed by atoms with Gasteiger partial charge in [-0.05, 0) is 89.9 Å². The molecule has 0 aromatic rings. The number of esters is 2. The predicted molar refractivity (Wildman–Crippen MR) is 244 cm³/mol. The molecular formula is C48H74NO10P. The molecule has 0 amide bonds. The lowest BCUT2D eigenvalue weighted by Crippen LogP contribution is -2.34. The molecule has 0 saturated heterocycles. The summed E-state index contributed by atoms with van der Waals surface area (Å²) in [5.41, 5.74) is 5.32. The lowest BCUT2D eigenvalue weighted by Gasteiger charge is -2.20. The second-order valence-corrected chi connectivity index (χ2v) is 15.2. The van der Waals surface area contributed by atoms with E-state index in [0.29, 0.717) is 25.7 Å². The Hall–Kier alpha value is -4.12. The summed E-state index contributed by atoms with van der Waals surface area (Å²) in [7, 11) is -4.76. The molecule has 0 aromatic carbocycles. The Balaban J connectivity index is 4.62. The van der Waals surface area contributed by atoms with Gasteiger partial charge in [-0.3, -0.25) is 23.4 Å². The largest absolute Gasteiger partial charge is 0.480 e. The maximum atomic E-state index is 12.6. The number of unbranched alkanes of at least 4 members (excludes halogenated alkanes) is 4. The van der Waals surface area contributed by atoms with Gasteiger partial charge in [0.15, 0.2) is 6.10 Å². The van der Waals surface area contributed by atoms with E-state index in [4.69, 9.17) is 24.8 Å². The third kappa shape index (κ3) is 40.7. The molecule has 0 bridgehead atoms. The number of nitrogens with two attached hydrogens (primary N) is 1. The van der Waals surface area contributed by atoms with E-state index in [1.807, 2.05) is 30.4 Å². The fourth-order valence-electron chi connectivity index (χ4n) is 4.85. The quantitative estimate of drug-likeness (QED) is 0.0233. The van der Waals surface area contributed by atoms with Crippen LogP contribution in [0.25, 0.3) is 0 Å². The number of hydrogen-bond donors (Lipinski definition) is 3. The average molecular weight is 856 g/mol. The fraction of sp³-hybridized carbons (Fsp3) is 0.521. The van der Waals surface area contributed by atoms with E-state index in [0.717, 1.165) is 57.8 Å². The van der Waals surface area contributed by atoms with Gasteiger partial charge in [0, 0.05) is 12.8 Å². The Bertz CT molecular complexity index is 1470. The molecule has 3 unspecified atom stereocenters. The topological polar surface area (TPSA) is 172 Å². The van der Waals surface area contributed by atoms with Gasteiger partial charge in [-0.2, -0.15) is 0 Å². The molecule has 3 atom stereocenters. The number of phosphoric ester groups is 1. The van der Waals surface area contributed by atoms with Crippen molar-refractivity contribution in [2.45, 2.75) is 142 Å². The highest BCUT2D eigenvalue weighted by atomic mass is 31.2. The summed E-state index contributed by atoms with van der Waals surface area (Å²) in [5, 5.41) is 8.89. The lowest BCUT2D eigenvalue weighted by atomic mass is 10.2. The van der Waals surface area contributed by atoms with Crippen molar-refractivity contribution in [1.29, 1.82) is 0 Å². The maximum Gasteiger partial charge on any atom is 0.472 e. The predicted octanol–water partition coefficient (Wildman–Crippen LogP) is 11.6. The zero-order valence-corrected chi connectivity index (χ0v) is 37.1. The number of ether oxygens (including phenoxy) is 2. The molecule has 0 fully saturated rings. The molecule has 0 spiro atoms. The molecule has 336 valence electrons. The van der Waals surface area contributed by atoms with Crippen molar-refractivity contribution in [3.63, 3.8) is 0 Å². The molecular weight excluding hydrogens is 781 g/mol. The first-order valence-corrected chi connectivity index (χ1v) is 23.1. The van der Waals surface area contributed by atoms with Crippen LogP contribution in [0.5, 0.6) is 0 Å². The van der Waals surface area contributed by atoms with Crippen molar-refractivity contribution in [1.82, 2.24) is 0 Å². The van der Waals surface area contributed by atoms with Crippen LogP contribution in [-0.2, 0) is 37.5 Å². The number of carbonyl (C=O) groups excluding carboxylic acids is 2. The minimum Gasteiger partial charge on any atom is -0.480 e. The summed E-state index contributed by atoms with van der Waals surface area (Å²) in [6.45, 7) is 2.50. The Morgan fingerprint density at radius 2 is 0.950 bits per heavy atom.